The van der Waals surface area contributed by atoms with Crippen LogP contribution in [0.4, 0.5) is 0 Å². The number of carbonyl (C=O) groups excluding carboxylic acids is 2. The number of thioether (sulfide) groups is 1. The number of benzene rings is 1. The highest BCUT2D eigenvalue weighted by Gasteiger charge is 2.16. The summed E-state index contributed by atoms with van der Waals surface area (Å²) in [5.74, 6) is 1.11. The normalized spacial score (nSPS) is 10.3. The van der Waals surface area contributed by atoms with Crippen molar-refractivity contribution in [3.63, 3.8) is 0 Å². The Labute approximate surface area is 131 Å². The largest absolute Gasteiger partial charge is 0.460 e. The fourth-order valence-electron chi connectivity index (χ4n) is 1.92. The maximum absolute atomic E-state index is 11.7. The number of ether oxygens (including phenoxy) is 1. The zero-order valence-corrected chi connectivity index (χ0v) is 13.5. The van der Waals surface area contributed by atoms with Crippen LogP contribution in [0.2, 0.25) is 0 Å². The van der Waals surface area contributed by atoms with Gasteiger partial charge in [0.1, 0.15) is 0 Å². The lowest BCUT2D eigenvalue weighted by Crippen LogP contribution is -2.18. The van der Waals surface area contributed by atoms with Crippen molar-refractivity contribution >= 4 is 23.5 Å². The minimum absolute atomic E-state index is 0.334. The van der Waals surface area contributed by atoms with Gasteiger partial charge in [-0.2, -0.15) is 11.8 Å². The molecule has 1 aromatic carbocycles. The minimum Gasteiger partial charge on any atom is -0.460 e. The maximum Gasteiger partial charge on any atom is 0.379 e. The predicted octanol–water partition coefficient (Wildman–Crippen LogP) is 4.12. The summed E-state index contributed by atoms with van der Waals surface area (Å²) in [7, 11) is 0. The Morgan fingerprint density at radius 2 is 1.67 bits per heavy atom. The van der Waals surface area contributed by atoms with E-state index >= 15 is 0 Å². The highest BCUT2D eigenvalue weighted by atomic mass is 32.2. The molecule has 0 spiro atoms. The lowest BCUT2D eigenvalue weighted by molar-refractivity contribution is -0.138. The van der Waals surface area contributed by atoms with Crippen LogP contribution in [0.15, 0.2) is 30.3 Å². The molecule has 0 bridgehead atoms. The van der Waals surface area contributed by atoms with Crippen molar-refractivity contribution in [2.75, 3.05) is 18.1 Å². The second kappa shape index (κ2) is 11.4. The van der Waals surface area contributed by atoms with Crippen LogP contribution in [0.25, 0.3) is 0 Å². The van der Waals surface area contributed by atoms with Gasteiger partial charge >= 0.3 is 5.97 Å². The summed E-state index contributed by atoms with van der Waals surface area (Å²) in [6.45, 7) is 2.51. The molecule has 116 valence electrons. The quantitative estimate of drug-likeness (QED) is 0.267. The number of carbonyl (C=O) groups is 2. The fraction of sp³-hybridized carbons (Fsp3) is 0.529. The minimum atomic E-state index is -0.749. The first kappa shape index (κ1) is 17.8. The van der Waals surface area contributed by atoms with E-state index < -0.39 is 11.8 Å². The van der Waals surface area contributed by atoms with Crippen molar-refractivity contribution in [1.29, 1.82) is 0 Å². The monoisotopic (exact) mass is 308 g/mol. The molecule has 0 N–H and O–H groups in total. The Morgan fingerprint density at radius 1 is 1.00 bits per heavy atom. The van der Waals surface area contributed by atoms with Gasteiger partial charge in [0, 0.05) is 5.56 Å². The molecule has 0 saturated heterocycles. The molecule has 0 atom stereocenters. The van der Waals surface area contributed by atoms with E-state index in [4.69, 9.17) is 4.74 Å². The summed E-state index contributed by atoms with van der Waals surface area (Å²) >= 11 is 1.97. The van der Waals surface area contributed by atoms with E-state index in [-0.39, 0.29) is 0 Å². The van der Waals surface area contributed by atoms with Crippen LogP contribution >= 0.6 is 11.8 Å². The lowest BCUT2D eigenvalue weighted by atomic mass is 10.1. The lowest BCUT2D eigenvalue weighted by Gasteiger charge is -2.04. The highest BCUT2D eigenvalue weighted by molar-refractivity contribution is 7.99. The Hall–Kier alpha value is -1.29. The van der Waals surface area contributed by atoms with Crippen LogP contribution in [-0.2, 0) is 9.53 Å². The number of rotatable bonds is 11. The molecule has 1 aromatic rings. The summed E-state index contributed by atoms with van der Waals surface area (Å²) in [5.41, 5.74) is 0.385. The SMILES string of the molecule is CCSCCCCCCCOC(=O)C(=O)c1ccccc1. The topological polar surface area (TPSA) is 43.4 Å². The van der Waals surface area contributed by atoms with Crippen LogP contribution in [0.3, 0.4) is 0 Å². The highest BCUT2D eigenvalue weighted by Crippen LogP contribution is 2.08. The van der Waals surface area contributed by atoms with Gasteiger partial charge in [-0.3, -0.25) is 4.79 Å². The summed E-state index contributed by atoms with van der Waals surface area (Å²) in [6.07, 6.45) is 5.52. The smallest absolute Gasteiger partial charge is 0.379 e. The van der Waals surface area contributed by atoms with Crippen LogP contribution in [0.1, 0.15) is 49.4 Å². The van der Waals surface area contributed by atoms with Gasteiger partial charge in [0.05, 0.1) is 6.61 Å². The molecule has 4 heteroatoms. The van der Waals surface area contributed by atoms with E-state index in [1.165, 1.54) is 24.3 Å². The van der Waals surface area contributed by atoms with E-state index in [0.29, 0.717) is 12.2 Å². The molecule has 1 rings (SSSR count). The number of esters is 1. The first-order chi connectivity index (χ1) is 10.3. The van der Waals surface area contributed by atoms with Crippen LogP contribution in [0, 0.1) is 0 Å². The summed E-state index contributed by atoms with van der Waals surface area (Å²) in [6, 6.07) is 8.52. The van der Waals surface area contributed by atoms with Crippen molar-refractivity contribution in [2.24, 2.45) is 0 Å². The van der Waals surface area contributed by atoms with Gasteiger partial charge in [-0.1, -0.05) is 56.5 Å². The predicted molar refractivity (Wildman–Crippen MR) is 87.8 cm³/mol. The molecule has 0 radical (unpaired) electrons. The van der Waals surface area contributed by atoms with Gasteiger partial charge in [0.2, 0.25) is 0 Å². The molecule has 0 aromatic heterocycles. The second-order valence-electron chi connectivity index (χ2n) is 4.80. The molecule has 0 unspecified atom stereocenters. The molecule has 0 heterocycles. The Bertz CT molecular complexity index is 417. The zero-order chi connectivity index (χ0) is 15.3. The fourth-order valence-corrected chi connectivity index (χ4v) is 2.62. The Morgan fingerprint density at radius 3 is 2.38 bits per heavy atom. The van der Waals surface area contributed by atoms with E-state index in [1.54, 1.807) is 30.3 Å². The average molecular weight is 308 g/mol. The molecule has 0 aliphatic rings. The standard InChI is InChI=1S/C17H24O3S/c1-2-21-14-10-5-3-4-9-13-20-17(19)16(18)15-11-7-6-8-12-15/h6-8,11-12H,2-5,9-10,13-14H2,1H3. The van der Waals surface area contributed by atoms with E-state index in [0.717, 1.165) is 19.3 Å². The molecule has 0 fully saturated rings. The van der Waals surface area contributed by atoms with E-state index in [2.05, 4.69) is 6.92 Å². The molecule has 3 nitrogen and oxygen atoms in total. The second-order valence-corrected chi connectivity index (χ2v) is 6.19. The molecule has 0 aliphatic carbocycles. The molecule has 0 aliphatic heterocycles. The molecular weight excluding hydrogens is 284 g/mol. The molecular formula is C17H24O3S. The van der Waals surface area contributed by atoms with Crippen molar-refractivity contribution in [3.8, 4) is 0 Å². The molecule has 0 saturated carbocycles. The number of Topliss-reactive ketones (excluding diaryl/α,β-unsaturated/α-hetero) is 1. The van der Waals surface area contributed by atoms with Crippen molar-refractivity contribution in [2.45, 2.75) is 39.0 Å². The van der Waals surface area contributed by atoms with Gasteiger partial charge in [0.25, 0.3) is 5.78 Å². The first-order valence-corrected chi connectivity index (χ1v) is 8.75. The van der Waals surface area contributed by atoms with E-state index in [9.17, 15) is 9.59 Å². The van der Waals surface area contributed by atoms with Gasteiger partial charge < -0.3 is 4.74 Å². The number of hydrogen-bond acceptors (Lipinski definition) is 4. The number of hydrogen-bond donors (Lipinski definition) is 0. The molecule has 21 heavy (non-hydrogen) atoms. The summed E-state index contributed by atoms with van der Waals surface area (Å²) in [4.78, 5) is 23.3. The van der Waals surface area contributed by atoms with Crippen LogP contribution in [0.5, 0.6) is 0 Å². The molecule has 0 amide bonds. The van der Waals surface area contributed by atoms with Crippen molar-refractivity contribution < 1.29 is 14.3 Å². The third-order valence-corrected chi connectivity index (χ3v) is 4.08. The zero-order valence-electron chi connectivity index (χ0n) is 12.7. The van der Waals surface area contributed by atoms with Gasteiger partial charge in [-0.15, -0.1) is 0 Å². The number of ketones is 1. The van der Waals surface area contributed by atoms with Gasteiger partial charge in [-0.05, 0) is 24.3 Å². The third kappa shape index (κ3) is 7.90. The first-order valence-electron chi connectivity index (χ1n) is 7.60. The summed E-state index contributed by atoms with van der Waals surface area (Å²) < 4.78 is 5.01. The van der Waals surface area contributed by atoms with Gasteiger partial charge in [-0.25, -0.2) is 4.79 Å². The van der Waals surface area contributed by atoms with Crippen molar-refractivity contribution in [1.82, 2.24) is 0 Å². The third-order valence-electron chi connectivity index (χ3n) is 3.09. The Kier molecular flexibility index (Phi) is 9.62. The van der Waals surface area contributed by atoms with Crippen molar-refractivity contribution in [3.05, 3.63) is 35.9 Å². The summed E-state index contributed by atoms with van der Waals surface area (Å²) in [5, 5.41) is 0. The van der Waals surface area contributed by atoms with E-state index in [1.807, 2.05) is 11.8 Å². The average Bonchev–Trinajstić information content (AvgIpc) is 2.53. The van der Waals surface area contributed by atoms with Crippen LogP contribution < -0.4 is 0 Å². The number of unbranched alkanes of at least 4 members (excludes halogenated alkanes) is 4. The maximum atomic E-state index is 11.7. The van der Waals surface area contributed by atoms with Gasteiger partial charge in [0.15, 0.2) is 0 Å². The van der Waals surface area contributed by atoms with Crippen LogP contribution in [-0.4, -0.2) is 29.9 Å². The Balaban J connectivity index is 2.05.